The van der Waals surface area contributed by atoms with Crippen molar-refractivity contribution in [3.8, 4) is 0 Å². The Morgan fingerprint density at radius 2 is 2.19 bits per heavy atom. The van der Waals surface area contributed by atoms with Gasteiger partial charge < -0.3 is 14.5 Å². The number of imidazole rings is 2. The van der Waals surface area contributed by atoms with Crippen LogP contribution in [-0.4, -0.2) is 43.5 Å². The van der Waals surface area contributed by atoms with E-state index in [1.165, 1.54) is 0 Å². The fourth-order valence-electron chi connectivity index (χ4n) is 3.40. The molecule has 2 heterocycles. The number of aromatic nitrogens is 4. The standard InChI is InChI=1S/C19H23N5O2/c1-13-20-8-11-23(13)10-3-9-22(2)18(25)14-4-7-17-16(12-14)21-19(26)24(17)15-5-6-15/h4,7-8,11-12,15H,3,5-6,9-10H2,1-2H3,(H,21,26). The molecule has 1 amide bonds. The molecule has 0 atom stereocenters. The van der Waals surface area contributed by atoms with Crippen molar-refractivity contribution in [1.29, 1.82) is 0 Å². The van der Waals surface area contributed by atoms with Gasteiger partial charge in [-0.05, 0) is 44.4 Å². The van der Waals surface area contributed by atoms with E-state index in [0.29, 0.717) is 18.2 Å². The van der Waals surface area contributed by atoms with Gasteiger partial charge in [-0.1, -0.05) is 0 Å². The molecule has 0 saturated heterocycles. The Morgan fingerprint density at radius 1 is 1.38 bits per heavy atom. The minimum Gasteiger partial charge on any atom is -0.342 e. The first-order chi connectivity index (χ1) is 12.5. The fraction of sp³-hybridized carbons (Fsp3) is 0.421. The number of hydrogen-bond donors (Lipinski definition) is 1. The lowest BCUT2D eigenvalue weighted by atomic mass is 10.1. The summed E-state index contributed by atoms with van der Waals surface area (Å²) in [6.45, 7) is 3.47. The molecule has 4 rings (SSSR count). The maximum absolute atomic E-state index is 12.7. The Hall–Kier alpha value is -2.83. The predicted molar refractivity (Wildman–Crippen MR) is 99.4 cm³/mol. The molecule has 1 aromatic carbocycles. The van der Waals surface area contributed by atoms with E-state index in [0.717, 1.165) is 42.7 Å². The lowest BCUT2D eigenvalue weighted by Gasteiger charge is -2.17. The van der Waals surface area contributed by atoms with Crippen molar-refractivity contribution >= 4 is 16.9 Å². The number of amides is 1. The van der Waals surface area contributed by atoms with Crippen LogP contribution in [0.1, 0.15) is 41.5 Å². The van der Waals surface area contributed by atoms with Crippen molar-refractivity contribution in [2.24, 2.45) is 0 Å². The molecule has 0 aliphatic heterocycles. The van der Waals surface area contributed by atoms with Crippen LogP contribution in [0.15, 0.2) is 35.4 Å². The third-order valence-electron chi connectivity index (χ3n) is 5.04. The summed E-state index contributed by atoms with van der Waals surface area (Å²) >= 11 is 0. The summed E-state index contributed by atoms with van der Waals surface area (Å²) in [7, 11) is 1.81. The van der Waals surface area contributed by atoms with E-state index >= 15 is 0 Å². The molecule has 1 N–H and O–H groups in total. The highest BCUT2D eigenvalue weighted by Gasteiger charge is 2.27. The number of aryl methyl sites for hydroxylation is 2. The third kappa shape index (κ3) is 3.05. The maximum Gasteiger partial charge on any atom is 0.326 e. The second kappa shape index (κ2) is 6.48. The third-order valence-corrected chi connectivity index (χ3v) is 5.04. The van der Waals surface area contributed by atoms with Crippen molar-refractivity contribution in [2.75, 3.05) is 13.6 Å². The van der Waals surface area contributed by atoms with Crippen LogP contribution < -0.4 is 5.69 Å². The number of H-pyrrole nitrogens is 1. The molecule has 2 aromatic heterocycles. The second-order valence-corrected chi connectivity index (χ2v) is 7.01. The summed E-state index contributed by atoms with van der Waals surface area (Å²) in [4.78, 5) is 33.6. The van der Waals surface area contributed by atoms with Gasteiger partial charge in [0, 0.05) is 44.1 Å². The fourth-order valence-corrected chi connectivity index (χ4v) is 3.40. The molecule has 1 aliphatic rings. The minimum atomic E-state index is -0.0869. The number of carbonyl (C=O) groups is 1. The molecule has 7 nitrogen and oxygen atoms in total. The molecule has 0 spiro atoms. The van der Waals surface area contributed by atoms with Gasteiger partial charge in [-0.3, -0.25) is 9.36 Å². The lowest BCUT2D eigenvalue weighted by molar-refractivity contribution is 0.0792. The van der Waals surface area contributed by atoms with E-state index in [2.05, 4.69) is 14.5 Å². The van der Waals surface area contributed by atoms with Crippen LogP contribution in [-0.2, 0) is 6.54 Å². The summed E-state index contributed by atoms with van der Waals surface area (Å²) < 4.78 is 3.89. The Balaban J connectivity index is 1.45. The van der Waals surface area contributed by atoms with E-state index in [1.807, 2.05) is 32.3 Å². The molecular formula is C19H23N5O2. The molecule has 0 unspecified atom stereocenters. The van der Waals surface area contributed by atoms with Gasteiger partial charge in [0.05, 0.1) is 11.0 Å². The van der Waals surface area contributed by atoms with E-state index in [-0.39, 0.29) is 11.6 Å². The van der Waals surface area contributed by atoms with E-state index in [1.54, 1.807) is 21.7 Å². The molecule has 3 aromatic rings. The molecule has 1 fully saturated rings. The summed E-state index contributed by atoms with van der Waals surface area (Å²) in [6.07, 6.45) is 6.69. The SMILES string of the molecule is Cc1nccn1CCCN(C)C(=O)c1ccc2c(c1)[nH]c(=O)n2C1CC1. The van der Waals surface area contributed by atoms with Crippen molar-refractivity contribution in [3.63, 3.8) is 0 Å². The number of carbonyl (C=O) groups excluding carboxylic acids is 1. The Kier molecular flexibility index (Phi) is 4.14. The van der Waals surface area contributed by atoms with E-state index < -0.39 is 0 Å². The van der Waals surface area contributed by atoms with Crippen LogP contribution in [0.2, 0.25) is 0 Å². The van der Waals surface area contributed by atoms with Gasteiger partial charge in [-0.25, -0.2) is 9.78 Å². The average molecular weight is 353 g/mol. The van der Waals surface area contributed by atoms with Gasteiger partial charge in [-0.15, -0.1) is 0 Å². The molecule has 1 saturated carbocycles. The molecule has 1 aliphatic carbocycles. The van der Waals surface area contributed by atoms with E-state index in [4.69, 9.17) is 0 Å². The summed E-state index contributed by atoms with van der Waals surface area (Å²) in [5.74, 6) is 0.947. The van der Waals surface area contributed by atoms with Gasteiger partial charge in [-0.2, -0.15) is 0 Å². The zero-order chi connectivity index (χ0) is 18.3. The quantitative estimate of drug-likeness (QED) is 0.739. The van der Waals surface area contributed by atoms with Gasteiger partial charge in [0.2, 0.25) is 0 Å². The normalized spacial score (nSPS) is 14.1. The summed E-state index contributed by atoms with van der Waals surface area (Å²) in [5.41, 5.74) is 2.13. The zero-order valence-corrected chi connectivity index (χ0v) is 15.1. The van der Waals surface area contributed by atoms with Crippen LogP contribution >= 0.6 is 0 Å². The number of hydrogen-bond acceptors (Lipinski definition) is 3. The molecule has 136 valence electrons. The van der Waals surface area contributed by atoms with Crippen LogP contribution in [0.3, 0.4) is 0 Å². The van der Waals surface area contributed by atoms with Gasteiger partial charge >= 0.3 is 5.69 Å². The number of fused-ring (bicyclic) bond motifs is 1. The second-order valence-electron chi connectivity index (χ2n) is 7.01. The largest absolute Gasteiger partial charge is 0.342 e. The molecule has 0 bridgehead atoms. The van der Waals surface area contributed by atoms with Gasteiger partial charge in [0.15, 0.2) is 0 Å². The Labute approximate surface area is 151 Å². The first-order valence-corrected chi connectivity index (χ1v) is 9.02. The minimum absolute atomic E-state index is 0.0331. The van der Waals surface area contributed by atoms with Crippen LogP contribution in [0.4, 0.5) is 0 Å². The lowest BCUT2D eigenvalue weighted by Crippen LogP contribution is -2.28. The zero-order valence-electron chi connectivity index (χ0n) is 15.1. The topological polar surface area (TPSA) is 75.9 Å². The van der Waals surface area contributed by atoms with Crippen molar-refractivity contribution in [3.05, 3.63) is 52.5 Å². The highest BCUT2D eigenvalue weighted by atomic mass is 16.2. The highest BCUT2D eigenvalue weighted by Crippen LogP contribution is 2.35. The van der Waals surface area contributed by atoms with Gasteiger partial charge in [0.25, 0.3) is 5.91 Å². The molecular weight excluding hydrogens is 330 g/mol. The number of nitrogens with one attached hydrogen (secondary N) is 1. The predicted octanol–water partition coefficient (Wildman–Crippen LogP) is 2.33. The van der Waals surface area contributed by atoms with Crippen molar-refractivity contribution < 1.29 is 4.79 Å². The Morgan fingerprint density at radius 3 is 2.88 bits per heavy atom. The number of aromatic amines is 1. The summed E-state index contributed by atoms with van der Waals surface area (Å²) in [6, 6.07) is 5.79. The van der Waals surface area contributed by atoms with Crippen molar-refractivity contribution in [2.45, 2.75) is 38.8 Å². The average Bonchev–Trinajstić information content (AvgIpc) is 3.29. The first-order valence-electron chi connectivity index (χ1n) is 9.02. The first kappa shape index (κ1) is 16.6. The summed E-state index contributed by atoms with van der Waals surface area (Å²) in [5, 5.41) is 0. The Bertz CT molecular complexity index is 1010. The van der Waals surface area contributed by atoms with Crippen molar-refractivity contribution in [1.82, 2.24) is 24.0 Å². The monoisotopic (exact) mass is 353 g/mol. The maximum atomic E-state index is 12.7. The van der Waals surface area contributed by atoms with Crippen LogP contribution in [0, 0.1) is 6.92 Å². The number of rotatable bonds is 6. The number of nitrogens with zero attached hydrogens (tertiary/aromatic N) is 4. The van der Waals surface area contributed by atoms with Crippen LogP contribution in [0.25, 0.3) is 11.0 Å². The number of benzene rings is 1. The highest BCUT2D eigenvalue weighted by molar-refractivity contribution is 5.97. The van der Waals surface area contributed by atoms with Gasteiger partial charge in [0.1, 0.15) is 5.82 Å². The van der Waals surface area contributed by atoms with Crippen LogP contribution in [0.5, 0.6) is 0 Å². The molecule has 0 radical (unpaired) electrons. The molecule has 26 heavy (non-hydrogen) atoms. The smallest absolute Gasteiger partial charge is 0.326 e. The van der Waals surface area contributed by atoms with E-state index in [9.17, 15) is 9.59 Å². The molecule has 7 heteroatoms.